The van der Waals surface area contributed by atoms with Crippen molar-refractivity contribution in [3.63, 3.8) is 0 Å². The molecule has 332 valence electrons. The molecular weight excluding hydrogens is 819 g/mol. The summed E-state index contributed by atoms with van der Waals surface area (Å²) < 4.78 is 34.8. The molecule has 1 atom stereocenters. The third-order valence-corrected chi connectivity index (χ3v) is 13.2. The van der Waals surface area contributed by atoms with Crippen molar-refractivity contribution in [2.45, 2.75) is 76.3 Å². The average molecular weight is 870 g/mol. The summed E-state index contributed by atoms with van der Waals surface area (Å²) in [6.07, 6.45) is 9.90. The molecule has 3 aliphatic heterocycles. The van der Waals surface area contributed by atoms with Gasteiger partial charge in [-0.15, -0.1) is 0 Å². The Morgan fingerprint density at radius 3 is 2.47 bits per heavy atom. The van der Waals surface area contributed by atoms with E-state index in [9.17, 15) is 14.4 Å². The van der Waals surface area contributed by atoms with Crippen molar-refractivity contribution in [3.05, 3.63) is 84.3 Å². The zero-order valence-corrected chi connectivity index (χ0v) is 36.0. The van der Waals surface area contributed by atoms with Crippen molar-refractivity contribution in [1.29, 1.82) is 0 Å². The maximum absolute atomic E-state index is 14.4. The number of hydrogen-bond acceptors (Lipinski definition) is 12. The number of likely N-dealkylation sites (tertiary alicyclic amines) is 1. The lowest BCUT2D eigenvalue weighted by Crippen LogP contribution is -2.56. The smallest absolute Gasteiger partial charge is 0.413 e. The van der Waals surface area contributed by atoms with Crippen molar-refractivity contribution in [2.24, 2.45) is 16.4 Å². The predicted octanol–water partition coefficient (Wildman–Crippen LogP) is 7.05. The highest BCUT2D eigenvalue weighted by Gasteiger charge is 2.49. The fourth-order valence-electron chi connectivity index (χ4n) is 9.56. The number of hydrogen-bond donors (Lipinski definition) is 2. The van der Waals surface area contributed by atoms with Gasteiger partial charge in [-0.25, -0.2) is 19.8 Å². The summed E-state index contributed by atoms with van der Waals surface area (Å²) >= 11 is 0. The van der Waals surface area contributed by atoms with Crippen LogP contribution in [0.1, 0.15) is 68.9 Å². The number of methoxy groups -OCH3 is 2. The Balaban J connectivity index is 0.858. The normalized spacial score (nSPS) is 18.5. The van der Waals surface area contributed by atoms with Gasteiger partial charge in [-0.05, 0) is 80.3 Å². The van der Waals surface area contributed by atoms with E-state index in [1.165, 1.54) is 6.33 Å². The third kappa shape index (κ3) is 8.01. The lowest BCUT2D eigenvalue weighted by atomic mass is 9.77. The molecule has 10 rings (SSSR count). The number of aromatic amines is 1. The largest absolute Gasteiger partial charge is 0.493 e. The molecule has 5 heterocycles. The van der Waals surface area contributed by atoms with Gasteiger partial charge in [0.25, 0.3) is 0 Å². The number of amides is 3. The molecule has 2 N–H and O–H groups in total. The summed E-state index contributed by atoms with van der Waals surface area (Å²) in [5, 5.41) is 9.60. The standard InChI is InChI=1S/C48H51N7O9/c1-59-35-13-12-31(23-38(35)60-2)34-24-48(18-6-7-19-48)46(57)55(53-34)32-16-20-54(21-17-32)45(56)33(22-29-8-4-3-5-9-29)52-47(58)64-39-25-49-43-41(39)50-27-51-42(43)40-36(61-26-30-10-11-30)14-15-37-44(40)63-28-62-37/h3-5,8-9,12-15,23,25,27,30,32-33,49H,6-7,10-11,16-22,24,26,28H2,1-2H3,(H,52,58)/t33-/m1/s1. The minimum absolute atomic E-state index is 0.0671. The highest BCUT2D eigenvalue weighted by atomic mass is 16.7. The number of nitrogens with zero attached hydrogens (tertiary/aromatic N) is 5. The maximum atomic E-state index is 14.4. The highest BCUT2D eigenvalue weighted by molar-refractivity contribution is 6.06. The molecule has 0 bridgehead atoms. The van der Waals surface area contributed by atoms with Crippen LogP contribution in [-0.2, 0) is 16.0 Å². The number of carbonyl (C=O) groups excluding carboxylic acids is 3. The van der Waals surface area contributed by atoms with Gasteiger partial charge in [0.05, 0.1) is 49.1 Å². The van der Waals surface area contributed by atoms with Crippen LogP contribution >= 0.6 is 0 Å². The van der Waals surface area contributed by atoms with E-state index in [0.717, 1.165) is 55.4 Å². The average Bonchev–Trinajstić information content (AvgIpc) is 3.61. The molecule has 0 unspecified atom stereocenters. The van der Waals surface area contributed by atoms with Crippen LogP contribution in [0.2, 0.25) is 0 Å². The SMILES string of the molecule is COc1ccc(C2=NN(C3CCN(C(=O)[C@@H](Cc4ccccc4)NC(=O)Oc4c[nH]c5c(-c6c(OCC7CC7)ccc7c6OCO7)ncnc45)CC3)C(=O)C3(CCCC3)C2)cc1OC. The molecule has 0 radical (unpaired) electrons. The Kier molecular flexibility index (Phi) is 11.2. The van der Waals surface area contributed by atoms with E-state index in [1.807, 2.05) is 60.7 Å². The summed E-state index contributed by atoms with van der Waals surface area (Å²) in [5.74, 6) is 3.43. The van der Waals surface area contributed by atoms with Gasteiger partial charge in [0, 0.05) is 37.7 Å². The van der Waals surface area contributed by atoms with Gasteiger partial charge in [-0.3, -0.25) is 9.59 Å². The fraction of sp³-hybridized carbons (Fsp3) is 0.417. The highest BCUT2D eigenvalue weighted by Crippen LogP contribution is 2.49. The van der Waals surface area contributed by atoms with E-state index in [-0.39, 0.29) is 36.8 Å². The van der Waals surface area contributed by atoms with Gasteiger partial charge in [0.15, 0.2) is 28.7 Å². The first kappa shape index (κ1) is 41.2. The fourth-order valence-corrected chi connectivity index (χ4v) is 9.56. The number of benzene rings is 3. The second kappa shape index (κ2) is 17.4. The molecule has 5 aromatic rings. The molecule has 1 saturated heterocycles. The summed E-state index contributed by atoms with van der Waals surface area (Å²) in [7, 11) is 3.21. The van der Waals surface area contributed by atoms with Gasteiger partial charge in [-0.2, -0.15) is 5.10 Å². The van der Waals surface area contributed by atoms with Crippen LogP contribution in [0.15, 0.2) is 78.3 Å². The molecule has 1 spiro atoms. The lowest BCUT2D eigenvalue weighted by molar-refractivity contribution is -0.147. The zero-order chi connectivity index (χ0) is 43.8. The van der Waals surface area contributed by atoms with Crippen LogP contribution in [0.25, 0.3) is 22.3 Å². The maximum Gasteiger partial charge on any atom is 0.413 e. The van der Waals surface area contributed by atoms with Gasteiger partial charge in [0.1, 0.15) is 29.3 Å². The van der Waals surface area contributed by atoms with Crippen molar-refractivity contribution < 1.29 is 42.8 Å². The second-order valence-corrected chi connectivity index (χ2v) is 17.3. The third-order valence-electron chi connectivity index (χ3n) is 13.2. The van der Waals surface area contributed by atoms with Crippen LogP contribution < -0.4 is 33.7 Å². The van der Waals surface area contributed by atoms with Crippen molar-refractivity contribution in [2.75, 3.05) is 40.7 Å². The molecule has 16 heteroatoms. The van der Waals surface area contributed by atoms with E-state index in [4.69, 9.17) is 33.5 Å². The first-order chi connectivity index (χ1) is 31.3. The number of nitrogens with one attached hydrogen (secondary N) is 2. The molecule has 5 aliphatic rings. The Hall–Kier alpha value is -6.84. The van der Waals surface area contributed by atoms with Crippen molar-refractivity contribution in [3.8, 4) is 45.8 Å². The van der Waals surface area contributed by atoms with Gasteiger partial charge in [0.2, 0.25) is 18.6 Å². The van der Waals surface area contributed by atoms with Crippen LogP contribution in [0, 0.1) is 11.3 Å². The van der Waals surface area contributed by atoms with Gasteiger partial charge in [-0.1, -0.05) is 43.2 Å². The number of piperidine rings is 1. The number of H-pyrrole nitrogens is 1. The number of aromatic nitrogens is 3. The molecule has 2 aliphatic carbocycles. The first-order valence-electron chi connectivity index (χ1n) is 22.1. The molecule has 64 heavy (non-hydrogen) atoms. The number of hydrazone groups is 1. The van der Waals surface area contributed by atoms with E-state index < -0.39 is 17.6 Å². The molecule has 3 aromatic carbocycles. The van der Waals surface area contributed by atoms with E-state index in [2.05, 4.69) is 20.3 Å². The summed E-state index contributed by atoms with van der Waals surface area (Å²) in [6, 6.07) is 17.8. The van der Waals surface area contributed by atoms with E-state index >= 15 is 0 Å². The predicted molar refractivity (Wildman–Crippen MR) is 235 cm³/mol. The second-order valence-electron chi connectivity index (χ2n) is 17.3. The van der Waals surface area contributed by atoms with Crippen LogP contribution in [0.5, 0.6) is 34.5 Å². The van der Waals surface area contributed by atoms with E-state index in [1.54, 1.807) is 30.3 Å². The Morgan fingerprint density at radius 1 is 0.922 bits per heavy atom. The minimum Gasteiger partial charge on any atom is -0.493 e. The Labute approximate surface area is 370 Å². The molecular formula is C48H51N7O9. The molecule has 3 fully saturated rings. The molecule has 16 nitrogen and oxygen atoms in total. The number of fused-ring (bicyclic) bond motifs is 2. The van der Waals surface area contributed by atoms with Gasteiger partial charge < -0.3 is 43.6 Å². The monoisotopic (exact) mass is 869 g/mol. The number of rotatable bonds is 13. The summed E-state index contributed by atoms with van der Waals surface area (Å²) in [4.78, 5) is 56.6. The minimum atomic E-state index is -0.940. The topological polar surface area (TPSA) is 179 Å². The van der Waals surface area contributed by atoms with Crippen LogP contribution in [0.3, 0.4) is 0 Å². The number of ether oxygens (including phenoxy) is 6. The summed E-state index contributed by atoms with van der Waals surface area (Å²) in [5.41, 5.74) is 4.10. The number of carbonyl (C=O) groups is 3. The first-order valence-corrected chi connectivity index (χ1v) is 22.1. The van der Waals surface area contributed by atoms with Gasteiger partial charge >= 0.3 is 6.09 Å². The Morgan fingerprint density at radius 2 is 1.70 bits per heavy atom. The van der Waals surface area contributed by atoms with Crippen LogP contribution in [-0.4, -0.2) is 101 Å². The Bertz CT molecular complexity index is 2600. The van der Waals surface area contributed by atoms with E-state index in [0.29, 0.717) is 95.9 Å². The zero-order valence-electron chi connectivity index (χ0n) is 36.0. The molecule has 2 saturated carbocycles. The van der Waals surface area contributed by atoms with Crippen molar-refractivity contribution >= 4 is 34.7 Å². The summed E-state index contributed by atoms with van der Waals surface area (Å²) in [6.45, 7) is 1.42. The van der Waals surface area contributed by atoms with Crippen LogP contribution in [0.4, 0.5) is 4.79 Å². The van der Waals surface area contributed by atoms with Crippen molar-refractivity contribution in [1.82, 2.24) is 30.2 Å². The quantitative estimate of drug-likeness (QED) is 0.124. The lowest BCUT2D eigenvalue weighted by Gasteiger charge is -2.43. The molecule has 2 aromatic heterocycles. The molecule has 3 amide bonds.